The SMILES string of the molecule is CCCCCCCCCOC(=O)c1cccc(Cl)c1F. The number of rotatable bonds is 9. The van der Waals surface area contributed by atoms with Crippen LogP contribution < -0.4 is 0 Å². The maximum absolute atomic E-state index is 13.6. The smallest absolute Gasteiger partial charge is 0.341 e. The third-order valence-corrected chi connectivity index (χ3v) is 3.44. The maximum atomic E-state index is 13.6. The van der Waals surface area contributed by atoms with Crippen LogP contribution in [0.25, 0.3) is 0 Å². The quantitative estimate of drug-likeness (QED) is 0.451. The Morgan fingerprint density at radius 3 is 2.50 bits per heavy atom. The molecule has 20 heavy (non-hydrogen) atoms. The summed E-state index contributed by atoms with van der Waals surface area (Å²) in [6.45, 7) is 2.52. The summed E-state index contributed by atoms with van der Waals surface area (Å²) in [7, 11) is 0. The van der Waals surface area contributed by atoms with Crippen molar-refractivity contribution in [2.45, 2.75) is 51.9 Å². The van der Waals surface area contributed by atoms with E-state index in [4.69, 9.17) is 16.3 Å². The molecule has 1 rings (SSSR count). The first kappa shape index (κ1) is 17.0. The van der Waals surface area contributed by atoms with Crippen LogP contribution in [0.15, 0.2) is 18.2 Å². The van der Waals surface area contributed by atoms with E-state index in [9.17, 15) is 9.18 Å². The van der Waals surface area contributed by atoms with Gasteiger partial charge in [0.05, 0.1) is 17.2 Å². The number of carbonyl (C=O) groups is 1. The molecule has 0 aliphatic carbocycles. The van der Waals surface area contributed by atoms with Gasteiger partial charge < -0.3 is 4.74 Å². The molecule has 0 aliphatic rings. The molecule has 0 saturated carbocycles. The number of unbranched alkanes of at least 4 members (excludes halogenated alkanes) is 6. The fourth-order valence-corrected chi connectivity index (χ4v) is 2.14. The zero-order chi connectivity index (χ0) is 14.8. The van der Waals surface area contributed by atoms with Gasteiger partial charge >= 0.3 is 5.97 Å². The molecule has 0 saturated heterocycles. The Labute approximate surface area is 125 Å². The monoisotopic (exact) mass is 300 g/mol. The van der Waals surface area contributed by atoms with Crippen molar-refractivity contribution in [3.05, 3.63) is 34.6 Å². The van der Waals surface area contributed by atoms with E-state index in [0.717, 1.165) is 19.3 Å². The zero-order valence-corrected chi connectivity index (χ0v) is 12.7. The first-order valence-electron chi connectivity index (χ1n) is 7.28. The van der Waals surface area contributed by atoms with Gasteiger partial charge in [0.1, 0.15) is 0 Å². The van der Waals surface area contributed by atoms with Crippen molar-refractivity contribution in [2.24, 2.45) is 0 Å². The fraction of sp³-hybridized carbons (Fsp3) is 0.562. The average molecular weight is 301 g/mol. The first-order chi connectivity index (χ1) is 9.66. The Morgan fingerprint density at radius 1 is 1.15 bits per heavy atom. The van der Waals surface area contributed by atoms with Gasteiger partial charge in [-0.15, -0.1) is 0 Å². The molecule has 0 atom stereocenters. The molecule has 0 fully saturated rings. The van der Waals surface area contributed by atoms with Gasteiger partial charge in [-0.1, -0.05) is 63.1 Å². The topological polar surface area (TPSA) is 26.3 Å². The van der Waals surface area contributed by atoms with Gasteiger partial charge in [-0.25, -0.2) is 9.18 Å². The molecule has 0 heterocycles. The van der Waals surface area contributed by atoms with Crippen molar-refractivity contribution in [3.8, 4) is 0 Å². The summed E-state index contributed by atoms with van der Waals surface area (Å²) in [4.78, 5) is 11.7. The van der Waals surface area contributed by atoms with Crippen LogP contribution in [0, 0.1) is 5.82 Å². The standard InChI is InChI=1S/C16H22ClFO2/c1-2-3-4-5-6-7-8-12-20-16(19)13-10-9-11-14(17)15(13)18/h9-11H,2-8,12H2,1H3. The highest BCUT2D eigenvalue weighted by molar-refractivity contribution is 6.31. The van der Waals surface area contributed by atoms with Crippen LogP contribution in [0.1, 0.15) is 62.2 Å². The molecule has 0 N–H and O–H groups in total. The number of benzene rings is 1. The van der Waals surface area contributed by atoms with Gasteiger partial charge in [0.2, 0.25) is 0 Å². The summed E-state index contributed by atoms with van der Waals surface area (Å²) in [5, 5.41) is -0.0598. The van der Waals surface area contributed by atoms with E-state index in [0.29, 0.717) is 6.61 Å². The lowest BCUT2D eigenvalue weighted by molar-refractivity contribution is 0.0492. The summed E-state index contributed by atoms with van der Waals surface area (Å²) in [6.07, 6.45) is 8.03. The molecule has 0 aromatic heterocycles. The van der Waals surface area contributed by atoms with Gasteiger partial charge in [0.15, 0.2) is 5.82 Å². The minimum atomic E-state index is -0.710. The number of ether oxygens (including phenoxy) is 1. The fourth-order valence-electron chi connectivity index (χ4n) is 1.96. The molecule has 4 heteroatoms. The van der Waals surface area contributed by atoms with E-state index in [1.807, 2.05) is 0 Å². The Morgan fingerprint density at radius 2 is 1.80 bits per heavy atom. The van der Waals surface area contributed by atoms with Gasteiger partial charge in [-0.3, -0.25) is 0 Å². The molecule has 112 valence electrons. The van der Waals surface area contributed by atoms with Crippen molar-refractivity contribution in [2.75, 3.05) is 6.61 Å². The second kappa shape index (κ2) is 9.76. The number of hydrogen-bond donors (Lipinski definition) is 0. The number of halogens is 2. The normalized spacial score (nSPS) is 10.6. The Hall–Kier alpha value is -1.09. The molecule has 1 aromatic rings. The van der Waals surface area contributed by atoms with Crippen LogP contribution >= 0.6 is 11.6 Å². The molecule has 2 nitrogen and oxygen atoms in total. The molecule has 1 aromatic carbocycles. The third-order valence-electron chi connectivity index (χ3n) is 3.15. The lowest BCUT2D eigenvalue weighted by atomic mass is 10.1. The molecular formula is C16H22ClFO2. The Kier molecular flexibility index (Phi) is 8.28. The molecule has 0 radical (unpaired) electrons. The zero-order valence-electron chi connectivity index (χ0n) is 12.0. The van der Waals surface area contributed by atoms with Crippen molar-refractivity contribution in [1.29, 1.82) is 0 Å². The largest absolute Gasteiger partial charge is 0.462 e. The third kappa shape index (κ3) is 5.91. The van der Waals surface area contributed by atoms with Crippen molar-refractivity contribution >= 4 is 17.6 Å². The van der Waals surface area contributed by atoms with Gasteiger partial charge in [-0.05, 0) is 18.6 Å². The van der Waals surface area contributed by atoms with Crippen LogP contribution in [0.3, 0.4) is 0 Å². The second-order valence-corrected chi connectivity index (χ2v) is 5.27. The van der Waals surface area contributed by atoms with Crippen LogP contribution in [-0.2, 0) is 4.74 Å². The Balaban J connectivity index is 2.19. The predicted octanol–water partition coefficient (Wildman–Crippen LogP) is 5.39. The minimum Gasteiger partial charge on any atom is -0.462 e. The molecule has 0 amide bonds. The molecule has 0 unspecified atom stereocenters. The second-order valence-electron chi connectivity index (χ2n) is 4.86. The predicted molar refractivity (Wildman–Crippen MR) is 79.7 cm³/mol. The van der Waals surface area contributed by atoms with E-state index in [-0.39, 0.29) is 10.6 Å². The molecule has 0 bridgehead atoms. The van der Waals surface area contributed by atoms with E-state index in [1.54, 1.807) is 0 Å². The van der Waals surface area contributed by atoms with Crippen LogP contribution in [0.4, 0.5) is 4.39 Å². The summed E-state index contributed by atoms with van der Waals surface area (Å²) in [5.41, 5.74) is -0.0968. The van der Waals surface area contributed by atoms with E-state index in [2.05, 4.69) is 6.92 Å². The van der Waals surface area contributed by atoms with Crippen molar-refractivity contribution < 1.29 is 13.9 Å². The highest BCUT2D eigenvalue weighted by Gasteiger charge is 2.14. The Bertz CT molecular complexity index is 421. The summed E-state index contributed by atoms with van der Waals surface area (Å²) in [5.74, 6) is -1.35. The highest BCUT2D eigenvalue weighted by Crippen LogP contribution is 2.18. The lowest BCUT2D eigenvalue weighted by Gasteiger charge is -2.06. The summed E-state index contributed by atoms with van der Waals surface area (Å²) in [6, 6.07) is 4.33. The summed E-state index contributed by atoms with van der Waals surface area (Å²) < 4.78 is 18.6. The number of esters is 1. The van der Waals surface area contributed by atoms with Gasteiger partial charge in [-0.2, -0.15) is 0 Å². The molecule has 0 aliphatic heterocycles. The molecule has 0 spiro atoms. The van der Waals surface area contributed by atoms with Gasteiger partial charge in [0, 0.05) is 0 Å². The van der Waals surface area contributed by atoms with Crippen LogP contribution in [0.2, 0.25) is 5.02 Å². The van der Waals surface area contributed by atoms with Crippen molar-refractivity contribution in [3.63, 3.8) is 0 Å². The van der Waals surface area contributed by atoms with E-state index < -0.39 is 11.8 Å². The average Bonchev–Trinajstić information content (AvgIpc) is 2.44. The lowest BCUT2D eigenvalue weighted by Crippen LogP contribution is -2.08. The van der Waals surface area contributed by atoms with Crippen molar-refractivity contribution in [1.82, 2.24) is 0 Å². The summed E-state index contributed by atoms with van der Waals surface area (Å²) >= 11 is 5.62. The van der Waals surface area contributed by atoms with E-state index in [1.165, 1.54) is 43.9 Å². The highest BCUT2D eigenvalue weighted by atomic mass is 35.5. The maximum Gasteiger partial charge on any atom is 0.341 e. The number of hydrogen-bond acceptors (Lipinski definition) is 2. The van der Waals surface area contributed by atoms with Crippen LogP contribution in [0.5, 0.6) is 0 Å². The molecular weight excluding hydrogens is 279 g/mol. The van der Waals surface area contributed by atoms with E-state index >= 15 is 0 Å². The van der Waals surface area contributed by atoms with Gasteiger partial charge in [0.25, 0.3) is 0 Å². The number of carbonyl (C=O) groups excluding carboxylic acids is 1. The van der Waals surface area contributed by atoms with Crippen LogP contribution in [-0.4, -0.2) is 12.6 Å². The first-order valence-corrected chi connectivity index (χ1v) is 7.65. The minimum absolute atomic E-state index is 0.0598.